The van der Waals surface area contributed by atoms with Crippen molar-refractivity contribution in [1.29, 1.82) is 0 Å². The van der Waals surface area contributed by atoms with Gasteiger partial charge in [-0.1, -0.05) is 11.3 Å². The number of ether oxygens (including phenoxy) is 1. The van der Waals surface area contributed by atoms with Gasteiger partial charge < -0.3 is 15.0 Å². The first kappa shape index (κ1) is 25.9. The van der Waals surface area contributed by atoms with Crippen LogP contribution in [0.2, 0.25) is 0 Å². The van der Waals surface area contributed by atoms with Gasteiger partial charge in [-0.15, -0.1) is 10.2 Å². The van der Waals surface area contributed by atoms with Gasteiger partial charge in [-0.2, -0.15) is 0 Å². The topological polar surface area (TPSA) is 169 Å². The van der Waals surface area contributed by atoms with Gasteiger partial charge in [-0.25, -0.2) is 18.2 Å². The Morgan fingerprint density at radius 2 is 1.87 bits per heavy atom. The van der Waals surface area contributed by atoms with E-state index < -0.39 is 28.0 Å². The fraction of sp³-hybridized carbons (Fsp3) is 0.120. The molecule has 0 saturated heterocycles. The number of fused-ring (bicyclic) bond motifs is 1. The second-order valence-electron chi connectivity index (χ2n) is 8.35. The Morgan fingerprint density at radius 1 is 1.08 bits per heavy atom. The number of nitrogens with zero attached hydrogens (tertiary/aromatic N) is 4. The lowest BCUT2D eigenvalue weighted by Gasteiger charge is -2.14. The lowest BCUT2D eigenvalue weighted by molar-refractivity contribution is -0.123. The molecule has 2 aromatic carbocycles. The average Bonchev–Trinajstić information content (AvgIpc) is 3.54. The summed E-state index contributed by atoms with van der Waals surface area (Å²) < 4.78 is 32.8. The normalized spacial score (nSPS) is 12.2. The van der Waals surface area contributed by atoms with Gasteiger partial charge in [0.15, 0.2) is 6.10 Å². The Kier molecular flexibility index (Phi) is 7.04. The third-order valence-electron chi connectivity index (χ3n) is 5.49. The maximum Gasteiger partial charge on any atom is 0.338 e. The minimum atomic E-state index is -3.87. The number of nitrogens with one attached hydrogen (secondary N) is 3. The van der Waals surface area contributed by atoms with Crippen LogP contribution in [0.1, 0.15) is 22.3 Å². The summed E-state index contributed by atoms with van der Waals surface area (Å²) in [6.07, 6.45) is 2.22. The maximum atomic E-state index is 12.7. The Balaban J connectivity index is 1.20. The summed E-state index contributed by atoms with van der Waals surface area (Å²) in [5.41, 5.74) is 2.67. The molecule has 12 nitrogen and oxygen atoms in total. The molecule has 0 spiro atoms. The summed E-state index contributed by atoms with van der Waals surface area (Å²) in [7, 11) is -3.87. The van der Waals surface area contributed by atoms with E-state index in [0.29, 0.717) is 27.6 Å². The van der Waals surface area contributed by atoms with Crippen molar-refractivity contribution in [2.45, 2.75) is 24.8 Å². The molecular formula is C25H21N7O5S2. The highest BCUT2D eigenvalue weighted by Gasteiger charge is 2.21. The monoisotopic (exact) mass is 563 g/mol. The van der Waals surface area contributed by atoms with Gasteiger partial charge in [0.2, 0.25) is 5.13 Å². The van der Waals surface area contributed by atoms with Gasteiger partial charge in [0, 0.05) is 23.6 Å². The van der Waals surface area contributed by atoms with Crippen molar-refractivity contribution in [3.63, 3.8) is 0 Å². The summed E-state index contributed by atoms with van der Waals surface area (Å²) in [6, 6.07) is 14.0. The number of benzene rings is 2. The molecule has 14 heteroatoms. The summed E-state index contributed by atoms with van der Waals surface area (Å²) in [6.45, 7) is 3.15. The number of esters is 1. The van der Waals surface area contributed by atoms with E-state index in [1.54, 1.807) is 43.6 Å². The number of rotatable bonds is 8. The average molecular weight is 564 g/mol. The first-order valence-corrected chi connectivity index (χ1v) is 13.8. The number of carbonyl (C=O) groups excluding carboxylic acids is 2. The van der Waals surface area contributed by atoms with Crippen molar-refractivity contribution < 1.29 is 22.7 Å². The van der Waals surface area contributed by atoms with Gasteiger partial charge in [-0.05, 0) is 68.4 Å². The van der Waals surface area contributed by atoms with Crippen molar-refractivity contribution in [3.05, 3.63) is 77.6 Å². The SMILES string of the molecule is Cc1nnc(NS(=O)(=O)c2ccc(NC(=O)C(C)OC(=O)c3ccc4nc(-c5cccnc5)[nH]c4c3)cc2)s1. The first-order chi connectivity index (χ1) is 18.7. The summed E-state index contributed by atoms with van der Waals surface area (Å²) in [4.78, 5) is 37.1. The van der Waals surface area contributed by atoms with Crippen LogP contribution in [0, 0.1) is 6.92 Å². The fourth-order valence-electron chi connectivity index (χ4n) is 3.53. The number of sulfonamides is 1. The van der Waals surface area contributed by atoms with Crippen molar-refractivity contribution in [3.8, 4) is 11.4 Å². The molecule has 1 amide bonds. The van der Waals surface area contributed by atoms with Crippen molar-refractivity contribution in [2.24, 2.45) is 0 Å². The molecule has 39 heavy (non-hydrogen) atoms. The van der Waals surface area contributed by atoms with Crippen molar-refractivity contribution in [2.75, 3.05) is 10.0 Å². The predicted molar refractivity (Wildman–Crippen MR) is 145 cm³/mol. The van der Waals surface area contributed by atoms with Crippen LogP contribution in [-0.2, 0) is 19.6 Å². The van der Waals surface area contributed by atoms with E-state index in [0.717, 1.165) is 16.9 Å². The number of H-pyrrole nitrogens is 1. The molecule has 5 rings (SSSR count). The van der Waals surface area contributed by atoms with E-state index in [2.05, 4.69) is 35.2 Å². The third kappa shape index (κ3) is 5.91. The molecule has 0 aliphatic heterocycles. The summed E-state index contributed by atoms with van der Waals surface area (Å²) in [5.74, 6) is -0.652. The van der Waals surface area contributed by atoms with Gasteiger partial charge in [-0.3, -0.25) is 14.5 Å². The molecule has 5 aromatic rings. The molecule has 0 aliphatic carbocycles. The summed E-state index contributed by atoms with van der Waals surface area (Å²) in [5, 5.41) is 10.9. The highest BCUT2D eigenvalue weighted by atomic mass is 32.2. The van der Waals surface area contributed by atoms with E-state index in [4.69, 9.17) is 4.74 Å². The largest absolute Gasteiger partial charge is 0.449 e. The van der Waals surface area contributed by atoms with Crippen LogP contribution in [0.5, 0.6) is 0 Å². The van der Waals surface area contributed by atoms with Crippen LogP contribution in [0.3, 0.4) is 0 Å². The number of anilines is 2. The van der Waals surface area contributed by atoms with Crippen LogP contribution in [0.25, 0.3) is 22.4 Å². The predicted octanol–water partition coefficient (Wildman–Crippen LogP) is 3.77. The number of carbonyl (C=O) groups is 2. The Morgan fingerprint density at radius 3 is 2.56 bits per heavy atom. The van der Waals surface area contributed by atoms with Gasteiger partial charge >= 0.3 is 5.97 Å². The molecule has 0 aliphatic rings. The second-order valence-corrected chi connectivity index (χ2v) is 11.2. The zero-order chi connectivity index (χ0) is 27.6. The quantitative estimate of drug-likeness (QED) is 0.238. The van der Waals surface area contributed by atoms with Crippen molar-refractivity contribution >= 4 is 55.1 Å². The molecule has 3 aromatic heterocycles. The molecular weight excluding hydrogens is 542 g/mol. The number of aromatic amines is 1. The van der Waals surface area contributed by atoms with E-state index >= 15 is 0 Å². The number of pyridine rings is 1. The third-order valence-corrected chi connectivity index (χ3v) is 7.72. The maximum absolute atomic E-state index is 12.7. The van der Waals surface area contributed by atoms with Crippen LogP contribution in [0.15, 0.2) is 71.9 Å². The zero-order valence-electron chi connectivity index (χ0n) is 20.6. The molecule has 0 saturated carbocycles. The highest BCUT2D eigenvalue weighted by Crippen LogP contribution is 2.22. The van der Waals surface area contributed by atoms with Crippen molar-refractivity contribution in [1.82, 2.24) is 25.1 Å². The van der Waals surface area contributed by atoms with E-state index in [9.17, 15) is 18.0 Å². The van der Waals surface area contributed by atoms with E-state index in [1.807, 2.05) is 6.07 Å². The zero-order valence-corrected chi connectivity index (χ0v) is 22.2. The molecule has 3 N–H and O–H groups in total. The number of hydrogen-bond acceptors (Lipinski definition) is 10. The first-order valence-electron chi connectivity index (χ1n) is 11.5. The standard InChI is InChI=1S/C25H21N7O5S2/c1-14(23(33)27-18-6-8-19(9-7-18)39(35,36)32-25-31-30-15(2)38-25)37-24(34)16-5-10-20-21(12-16)29-22(28-20)17-4-3-11-26-13-17/h3-14H,1-2H3,(H,27,33)(H,28,29)(H,31,32). The molecule has 0 radical (unpaired) electrons. The minimum absolute atomic E-state index is 0.0197. The molecule has 0 fully saturated rings. The Bertz CT molecular complexity index is 1770. The summed E-state index contributed by atoms with van der Waals surface area (Å²) >= 11 is 1.11. The number of hydrogen-bond donors (Lipinski definition) is 3. The van der Waals surface area contributed by atoms with Crippen LogP contribution in [-0.4, -0.2) is 51.5 Å². The Hall–Kier alpha value is -4.69. The molecule has 1 unspecified atom stereocenters. The number of aryl methyl sites for hydroxylation is 1. The lowest BCUT2D eigenvalue weighted by Crippen LogP contribution is -2.30. The fourth-order valence-corrected chi connectivity index (χ4v) is 5.35. The molecule has 3 heterocycles. The van der Waals surface area contributed by atoms with Gasteiger partial charge in [0.25, 0.3) is 15.9 Å². The Labute approximate surface area is 226 Å². The number of imidazole rings is 1. The highest BCUT2D eigenvalue weighted by molar-refractivity contribution is 7.93. The second kappa shape index (κ2) is 10.6. The molecule has 0 bridgehead atoms. The van der Waals surface area contributed by atoms with Gasteiger partial charge in [0.05, 0.1) is 21.5 Å². The molecule has 198 valence electrons. The molecule has 1 atom stereocenters. The number of aromatic nitrogens is 5. The smallest absolute Gasteiger partial charge is 0.338 e. The van der Waals surface area contributed by atoms with Crippen LogP contribution >= 0.6 is 11.3 Å². The van der Waals surface area contributed by atoms with Gasteiger partial charge in [0.1, 0.15) is 10.8 Å². The number of amides is 1. The van der Waals surface area contributed by atoms with E-state index in [1.165, 1.54) is 31.2 Å². The van der Waals surface area contributed by atoms with Crippen LogP contribution in [0.4, 0.5) is 10.8 Å². The minimum Gasteiger partial charge on any atom is -0.449 e. The van der Waals surface area contributed by atoms with E-state index in [-0.39, 0.29) is 15.6 Å². The lowest BCUT2D eigenvalue weighted by atomic mass is 10.2. The van der Waals surface area contributed by atoms with Crippen LogP contribution < -0.4 is 10.0 Å².